The Balaban J connectivity index is 1.33. The van der Waals surface area contributed by atoms with Crippen molar-refractivity contribution in [1.29, 1.82) is 0 Å². The summed E-state index contributed by atoms with van der Waals surface area (Å²) in [7, 11) is 2.09. The molecular weight excluding hydrogens is 470 g/mol. The number of thiophene rings is 1. The maximum Gasteiger partial charge on any atom is 0.229 e. The number of nitrogens with one attached hydrogen (secondary N) is 2. The highest BCUT2D eigenvalue weighted by Gasteiger charge is 2.26. The Kier molecular flexibility index (Phi) is 7.01. The summed E-state index contributed by atoms with van der Waals surface area (Å²) in [4.78, 5) is 24.7. The van der Waals surface area contributed by atoms with E-state index < -0.39 is 0 Å². The van der Waals surface area contributed by atoms with Crippen molar-refractivity contribution >= 4 is 56.4 Å². The highest BCUT2D eigenvalue weighted by molar-refractivity contribution is 7.17. The molecular formula is C25H30ClN5O2S. The van der Waals surface area contributed by atoms with E-state index in [1.807, 2.05) is 17.5 Å². The largest absolute Gasteiger partial charge is 0.393 e. The SMILES string of the molecule is CN1CCC(C(=O)c2ccc(Nc3nc(N[C@H]4CC[C@H](O)CC4)c4sccc4n3)cc2Cl)CC1. The van der Waals surface area contributed by atoms with E-state index in [1.54, 1.807) is 23.5 Å². The molecule has 0 bridgehead atoms. The van der Waals surface area contributed by atoms with Gasteiger partial charge in [-0.1, -0.05) is 11.6 Å². The fourth-order valence-electron chi connectivity index (χ4n) is 4.84. The zero-order valence-electron chi connectivity index (χ0n) is 19.3. The van der Waals surface area contributed by atoms with E-state index in [1.165, 1.54) is 0 Å². The van der Waals surface area contributed by atoms with Gasteiger partial charge in [0.15, 0.2) is 5.78 Å². The Morgan fingerprint density at radius 1 is 1.12 bits per heavy atom. The molecule has 5 rings (SSSR count). The van der Waals surface area contributed by atoms with E-state index >= 15 is 0 Å². The van der Waals surface area contributed by atoms with Crippen molar-refractivity contribution < 1.29 is 9.90 Å². The Bertz CT molecular complexity index is 1170. The number of hydrogen-bond donors (Lipinski definition) is 3. The maximum absolute atomic E-state index is 13.0. The number of likely N-dealkylation sites (tertiary alicyclic amines) is 1. The molecule has 0 unspecified atom stereocenters. The van der Waals surface area contributed by atoms with Crippen molar-refractivity contribution in [2.24, 2.45) is 5.92 Å². The van der Waals surface area contributed by atoms with Crippen LogP contribution in [0.15, 0.2) is 29.6 Å². The van der Waals surface area contributed by atoms with Crippen LogP contribution in [-0.4, -0.2) is 58.0 Å². The molecule has 1 saturated heterocycles. The quantitative estimate of drug-likeness (QED) is 0.395. The lowest BCUT2D eigenvalue weighted by Crippen LogP contribution is -2.33. The molecule has 1 saturated carbocycles. The Morgan fingerprint density at radius 2 is 1.88 bits per heavy atom. The van der Waals surface area contributed by atoms with Crippen molar-refractivity contribution in [3.63, 3.8) is 0 Å². The van der Waals surface area contributed by atoms with Crippen molar-refractivity contribution in [2.45, 2.75) is 50.7 Å². The Morgan fingerprint density at radius 3 is 2.62 bits per heavy atom. The molecule has 0 amide bonds. The number of carbonyl (C=O) groups is 1. The lowest BCUT2D eigenvalue weighted by molar-refractivity contribution is 0.0857. The number of hydrogen-bond acceptors (Lipinski definition) is 8. The van der Waals surface area contributed by atoms with Gasteiger partial charge >= 0.3 is 0 Å². The predicted molar refractivity (Wildman–Crippen MR) is 139 cm³/mol. The van der Waals surface area contributed by atoms with E-state index in [0.717, 1.165) is 73.3 Å². The van der Waals surface area contributed by atoms with Crippen LogP contribution in [0.25, 0.3) is 10.2 Å². The minimum atomic E-state index is -0.193. The molecule has 9 heteroatoms. The molecule has 0 radical (unpaired) electrons. The Hall–Kier alpha value is -2.26. The number of nitrogens with zero attached hydrogens (tertiary/aromatic N) is 3. The van der Waals surface area contributed by atoms with Crippen LogP contribution in [0.2, 0.25) is 5.02 Å². The van der Waals surface area contributed by atoms with Crippen LogP contribution in [-0.2, 0) is 0 Å². The third kappa shape index (κ3) is 5.20. The zero-order valence-corrected chi connectivity index (χ0v) is 20.8. The number of benzene rings is 1. The lowest BCUT2D eigenvalue weighted by Gasteiger charge is -2.28. The standard InChI is InChI=1S/C25H30ClN5O2S/c1-31-11-8-15(9-12-31)22(33)19-7-4-17(14-20(19)26)28-25-29-21-10-13-34-23(21)24(30-25)27-16-2-5-18(32)6-3-16/h4,7,10,13-16,18,32H,2-3,5-6,8-9,11-12H2,1H3,(H2,27,28,29,30)/t16-,18-. The second-order valence-electron chi connectivity index (χ2n) is 9.44. The molecule has 2 aromatic heterocycles. The maximum atomic E-state index is 13.0. The third-order valence-corrected chi connectivity index (χ3v) is 8.14. The lowest BCUT2D eigenvalue weighted by atomic mass is 9.89. The van der Waals surface area contributed by atoms with Crippen LogP contribution in [0.5, 0.6) is 0 Å². The second kappa shape index (κ2) is 10.2. The molecule has 1 aromatic carbocycles. The summed E-state index contributed by atoms with van der Waals surface area (Å²) in [6.45, 7) is 1.88. The van der Waals surface area contributed by atoms with Gasteiger partial charge in [0.2, 0.25) is 5.95 Å². The van der Waals surface area contributed by atoms with Gasteiger partial charge in [-0.25, -0.2) is 4.98 Å². The minimum Gasteiger partial charge on any atom is -0.393 e. The summed E-state index contributed by atoms with van der Waals surface area (Å²) >= 11 is 8.16. The molecule has 1 aliphatic carbocycles. The summed E-state index contributed by atoms with van der Waals surface area (Å²) in [5.41, 5.74) is 2.20. The van der Waals surface area contributed by atoms with Gasteiger partial charge in [0.1, 0.15) is 5.82 Å². The number of ketones is 1. The monoisotopic (exact) mass is 499 g/mol. The number of piperidine rings is 1. The molecule has 2 aliphatic rings. The summed E-state index contributed by atoms with van der Waals surface area (Å²) in [5, 5.41) is 19.1. The highest BCUT2D eigenvalue weighted by Crippen LogP contribution is 2.32. The van der Waals surface area contributed by atoms with E-state index in [0.29, 0.717) is 16.5 Å². The van der Waals surface area contributed by atoms with Gasteiger partial charge in [-0.15, -0.1) is 11.3 Å². The van der Waals surface area contributed by atoms with Gasteiger partial charge < -0.3 is 20.6 Å². The smallest absolute Gasteiger partial charge is 0.229 e. The van der Waals surface area contributed by atoms with Crippen LogP contribution in [0.1, 0.15) is 48.9 Å². The number of halogens is 1. The zero-order chi connectivity index (χ0) is 23.7. The van der Waals surface area contributed by atoms with Crippen molar-refractivity contribution in [2.75, 3.05) is 30.8 Å². The van der Waals surface area contributed by atoms with Gasteiger partial charge in [0, 0.05) is 23.2 Å². The van der Waals surface area contributed by atoms with Gasteiger partial charge in [0.25, 0.3) is 0 Å². The van der Waals surface area contributed by atoms with E-state index in [9.17, 15) is 9.90 Å². The molecule has 3 heterocycles. The van der Waals surface area contributed by atoms with Crippen molar-refractivity contribution in [3.8, 4) is 0 Å². The molecule has 1 aliphatic heterocycles. The third-order valence-electron chi connectivity index (χ3n) is 6.92. The Labute approximate surface area is 208 Å². The van der Waals surface area contributed by atoms with Crippen LogP contribution in [0.4, 0.5) is 17.5 Å². The van der Waals surface area contributed by atoms with E-state index in [2.05, 4.69) is 27.6 Å². The average molecular weight is 500 g/mol. The van der Waals surface area contributed by atoms with Crippen LogP contribution in [0, 0.1) is 5.92 Å². The first-order chi connectivity index (χ1) is 16.5. The number of Topliss-reactive ketones (excluding diaryl/α,β-unsaturated/α-hetero) is 1. The fourth-order valence-corrected chi connectivity index (χ4v) is 5.90. The first kappa shape index (κ1) is 23.5. The molecule has 3 aromatic rings. The number of aliphatic hydroxyl groups is 1. The van der Waals surface area contributed by atoms with E-state index in [4.69, 9.17) is 16.6 Å². The second-order valence-corrected chi connectivity index (χ2v) is 10.8. The first-order valence-corrected chi connectivity index (χ1v) is 13.2. The summed E-state index contributed by atoms with van der Waals surface area (Å²) in [6.07, 6.45) is 5.00. The number of fused-ring (bicyclic) bond motifs is 1. The summed E-state index contributed by atoms with van der Waals surface area (Å²) in [6, 6.07) is 7.72. The number of anilines is 3. The summed E-state index contributed by atoms with van der Waals surface area (Å²) in [5.74, 6) is 1.45. The number of rotatable bonds is 6. The van der Waals surface area contributed by atoms with Gasteiger partial charge in [-0.3, -0.25) is 4.79 Å². The van der Waals surface area contributed by atoms with Crippen LogP contribution >= 0.6 is 22.9 Å². The number of aromatic nitrogens is 2. The van der Waals surface area contributed by atoms with Crippen molar-refractivity contribution in [3.05, 3.63) is 40.2 Å². The molecule has 0 spiro atoms. The normalized spacial score (nSPS) is 22.1. The molecule has 2 fully saturated rings. The summed E-state index contributed by atoms with van der Waals surface area (Å²) < 4.78 is 1.02. The van der Waals surface area contributed by atoms with Crippen LogP contribution in [0.3, 0.4) is 0 Å². The molecule has 34 heavy (non-hydrogen) atoms. The van der Waals surface area contributed by atoms with Crippen molar-refractivity contribution in [1.82, 2.24) is 14.9 Å². The van der Waals surface area contributed by atoms with E-state index in [-0.39, 0.29) is 23.8 Å². The molecule has 3 N–H and O–H groups in total. The minimum absolute atomic E-state index is 0.0337. The molecule has 0 atom stereocenters. The fraction of sp³-hybridized carbons (Fsp3) is 0.480. The van der Waals surface area contributed by atoms with Gasteiger partial charge in [-0.05, 0) is 88.3 Å². The first-order valence-electron chi connectivity index (χ1n) is 12.0. The number of carbonyl (C=O) groups excluding carboxylic acids is 1. The molecule has 180 valence electrons. The topological polar surface area (TPSA) is 90.4 Å². The average Bonchev–Trinajstić information content (AvgIpc) is 3.30. The predicted octanol–water partition coefficient (Wildman–Crippen LogP) is 5.33. The van der Waals surface area contributed by atoms with Gasteiger partial charge in [-0.2, -0.15) is 4.98 Å². The highest BCUT2D eigenvalue weighted by atomic mass is 35.5. The number of aliphatic hydroxyl groups excluding tert-OH is 1. The molecule has 7 nitrogen and oxygen atoms in total. The van der Waals surface area contributed by atoms with Crippen LogP contribution < -0.4 is 10.6 Å². The van der Waals surface area contributed by atoms with Gasteiger partial charge in [0.05, 0.1) is 21.3 Å².